The van der Waals surface area contributed by atoms with Crippen LogP contribution in [0.5, 0.6) is 0 Å². The molecule has 0 spiro atoms. The van der Waals surface area contributed by atoms with Gasteiger partial charge in [0.15, 0.2) is 0 Å². The highest BCUT2D eigenvalue weighted by Crippen LogP contribution is 2.35. The van der Waals surface area contributed by atoms with Crippen molar-refractivity contribution in [2.75, 3.05) is 32.0 Å². The van der Waals surface area contributed by atoms with Gasteiger partial charge in [0.2, 0.25) is 0 Å². The van der Waals surface area contributed by atoms with Gasteiger partial charge in [-0.3, -0.25) is 0 Å². The summed E-state index contributed by atoms with van der Waals surface area (Å²) in [4.78, 5) is 2.39. The average molecular weight is 300 g/mol. The summed E-state index contributed by atoms with van der Waals surface area (Å²) in [6, 6.07) is 6.57. The van der Waals surface area contributed by atoms with Gasteiger partial charge in [-0.15, -0.1) is 0 Å². The van der Waals surface area contributed by atoms with Gasteiger partial charge in [0.25, 0.3) is 0 Å². The second-order valence-corrected chi connectivity index (χ2v) is 6.38. The molecule has 0 amide bonds. The number of anilines is 1. The molecule has 0 saturated carbocycles. The Labute approximate surface area is 129 Å². The normalized spacial score (nSPS) is 21.6. The molecule has 1 fully saturated rings. The van der Waals surface area contributed by atoms with Crippen LogP contribution in [-0.2, 0) is 6.42 Å². The molecule has 5 heteroatoms. The summed E-state index contributed by atoms with van der Waals surface area (Å²) in [7, 11) is 2.18. The molecule has 2 aliphatic heterocycles. The number of nitrogens with one attached hydrogen (secondary N) is 1. The number of likely N-dealkylation sites (tertiary alicyclic amines) is 1. The lowest BCUT2D eigenvalue weighted by Crippen LogP contribution is -2.31. The van der Waals surface area contributed by atoms with Gasteiger partial charge in [0.05, 0.1) is 11.4 Å². The van der Waals surface area contributed by atoms with Gasteiger partial charge in [0.1, 0.15) is 11.6 Å². The quantitative estimate of drug-likeness (QED) is 0.926. The van der Waals surface area contributed by atoms with E-state index in [-0.39, 0.29) is 5.82 Å². The molecule has 1 aromatic carbocycles. The number of fused-ring (bicyclic) bond motifs is 1. The molecule has 3 heterocycles. The fourth-order valence-electron chi connectivity index (χ4n) is 3.69. The van der Waals surface area contributed by atoms with Crippen LogP contribution in [0.4, 0.5) is 10.2 Å². The van der Waals surface area contributed by atoms with Crippen LogP contribution in [0.2, 0.25) is 0 Å². The molecule has 0 bridgehead atoms. The van der Waals surface area contributed by atoms with E-state index in [1.165, 1.54) is 42.8 Å². The fourth-order valence-corrected chi connectivity index (χ4v) is 3.69. The van der Waals surface area contributed by atoms with Crippen molar-refractivity contribution in [3.05, 3.63) is 41.3 Å². The van der Waals surface area contributed by atoms with Crippen LogP contribution in [0.1, 0.15) is 30.0 Å². The van der Waals surface area contributed by atoms with Crippen LogP contribution in [-0.4, -0.2) is 41.4 Å². The zero-order valence-electron chi connectivity index (χ0n) is 12.8. The summed E-state index contributed by atoms with van der Waals surface area (Å²) >= 11 is 0. The molecule has 1 saturated heterocycles. The van der Waals surface area contributed by atoms with Crippen molar-refractivity contribution in [3.8, 4) is 5.69 Å². The third-order valence-electron chi connectivity index (χ3n) is 4.76. The number of likely N-dealkylation sites (N-methyl/N-ethyl adjacent to an activating group) is 1. The molecule has 1 atom stereocenters. The van der Waals surface area contributed by atoms with Gasteiger partial charge in [-0.25, -0.2) is 9.07 Å². The summed E-state index contributed by atoms with van der Waals surface area (Å²) in [6.45, 7) is 3.21. The van der Waals surface area contributed by atoms with E-state index in [0.29, 0.717) is 5.92 Å². The third kappa shape index (κ3) is 2.29. The highest BCUT2D eigenvalue weighted by molar-refractivity contribution is 5.57. The third-order valence-corrected chi connectivity index (χ3v) is 4.76. The van der Waals surface area contributed by atoms with E-state index in [0.717, 1.165) is 31.0 Å². The Morgan fingerprint density at radius 1 is 1.27 bits per heavy atom. The number of piperidine rings is 1. The number of aromatic nitrogens is 2. The highest BCUT2D eigenvalue weighted by atomic mass is 19.1. The summed E-state index contributed by atoms with van der Waals surface area (Å²) in [6.07, 6.45) is 3.47. The molecule has 0 radical (unpaired) electrons. The summed E-state index contributed by atoms with van der Waals surface area (Å²) in [5, 5.41) is 8.34. The SMILES string of the molecule is CN1CCCC(c2nn(-c3ccc(F)cc3)c3c2CCN3)C1. The van der Waals surface area contributed by atoms with Crippen molar-refractivity contribution in [3.63, 3.8) is 0 Å². The van der Waals surface area contributed by atoms with Gasteiger partial charge in [0, 0.05) is 24.6 Å². The number of halogens is 1. The summed E-state index contributed by atoms with van der Waals surface area (Å²) in [5.74, 6) is 1.39. The van der Waals surface area contributed by atoms with E-state index in [2.05, 4.69) is 17.3 Å². The Hall–Kier alpha value is -1.88. The predicted octanol–water partition coefficient (Wildman–Crippen LogP) is 2.79. The second kappa shape index (κ2) is 5.39. The van der Waals surface area contributed by atoms with Gasteiger partial charge in [-0.05, 0) is 57.1 Å². The molecule has 4 nitrogen and oxygen atoms in total. The van der Waals surface area contributed by atoms with Crippen LogP contribution < -0.4 is 5.32 Å². The first-order valence-corrected chi connectivity index (χ1v) is 8.02. The number of nitrogens with zero attached hydrogens (tertiary/aromatic N) is 3. The Bertz CT molecular complexity index is 677. The lowest BCUT2D eigenvalue weighted by atomic mass is 9.92. The molecule has 1 aromatic heterocycles. The van der Waals surface area contributed by atoms with Crippen LogP contribution in [0.15, 0.2) is 24.3 Å². The van der Waals surface area contributed by atoms with Gasteiger partial charge in [-0.2, -0.15) is 5.10 Å². The van der Waals surface area contributed by atoms with Crippen molar-refractivity contribution in [1.29, 1.82) is 0 Å². The topological polar surface area (TPSA) is 33.1 Å². The highest BCUT2D eigenvalue weighted by Gasteiger charge is 2.29. The van der Waals surface area contributed by atoms with Crippen LogP contribution in [0.25, 0.3) is 5.69 Å². The van der Waals surface area contributed by atoms with E-state index in [9.17, 15) is 4.39 Å². The van der Waals surface area contributed by atoms with Crippen molar-refractivity contribution in [2.24, 2.45) is 0 Å². The second-order valence-electron chi connectivity index (χ2n) is 6.38. The lowest BCUT2D eigenvalue weighted by Gasteiger charge is -2.29. The van der Waals surface area contributed by atoms with Crippen molar-refractivity contribution in [1.82, 2.24) is 14.7 Å². The Balaban J connectivity index is 1.74. The molecular formula is C17H21FN4. The van der Waals surface area contributed by atoms with Gasteiger partial charge in [-0.1, -0.05) is 0 Å². The summed E-state index contributed by atoms with van der Waals surface area (Å²) < 4.78 is 15.1. The zero-order valence-corrected chi connectivity index (χ0v) is 12.8. The van der Waals surface area contributed by atoms with Gasteiger partial charge < -0.3 is 10.2 Å². The van der Waals surface area contributed by atoms with Crippen LogP contribution in [0, 0.1) is 5.82 Å². The maximum absolute atomic E-state index is 13.2. The molecule has 2 aliphatic rings. The lowest BCUT2D eigenvalue weighted by molar-refractivity contribution is 0.247. The van der Waals surface area contributed by atoms with Crippen LogP contribution >= 0.6 is 0 Å². The molecule has 22 heavy (non-hydrogen) atoms. The predicted molar refractivity (Wildman–Crippen MR) is 85.2 cm³/mol. The molecular weight excluding hydrogens is 279 g/mol. The summed E-state index contributed by atoms with van der Waals surface area (Å²) in [5.41, 5.74) is 3.50. The average Bonchev–Trinajstić information content (AvgIpc) is 3.10. The first-order chi connectivity index (χ1) is 10.7. The maximum atomic E-state index is 13.2. The minimum absolute atomic E-state index is 0.213. The van der Waals surface area contributed by atoms with Crippen LogP contribution in [0.3, 0.4) is 0 Å². The standard InChI is InChI=1S/C17H21FN4/c1-21-10-2-3-12(11-21)16-15-8-9-19-17(15)22(20-16)14-6-4-13(18)5-7-14/h4-7,12,19H,2-3,8-11H2,1H3. The Morgan fingerprint density at radius 3 is 2.86 bits per heavy atom. The smallest absolute Gasteiger partial charge is 0.133 e. The zero-order chi connectivity index (χ0) is 15.1. The number of benzene rings is 1. The van der Waals surface area contributed by atoms with Crippen molar-refractivity contribution < 1.29 is 4.39 Å². The van der Waals surface area contributed by atoms with E-state index >= 15 is 0 Å². The van der Waals surface area contributed by atoms with E-state index in [1.54, 1.807) is 12.1 Å². The number of rotatable bonds is 2. The van der Waals surface area contributed by atoms with Crippen molar-refractivity contribution >= 4 is 5.82 Å². The molecule has 4 rings (SSSR count). The molecule has 116 valence electrons. The number of hydrogen-bond donors (Lipinski definition) is 1. The Morgan fingerprint density at radius 2 is 2.09 bits per heavy atom. The minimum Gasteiger partial charge on any atom is -0.369 e. The number of hydrogen-bond acceptors (Lipinski definition) is 3. The van der Waals surface area contributed by atoms with Crippen molar-refractivity contribution in [2.45, 2.75) is 25.2 Å². The fraction of sp³-hybridized carbons (Fsp3) is 0.471. The van der Waals surface area contributed by atoms with E-state index < -0.39 is 0 Å². The van der Waals surface area contributed by atoms with E-state index in [1.807, 2.05) is 4.68 Å². The maximum Gasteiger partial charge on any atom is 0.133 e. The van der Waals surface area contributed by atoms with E-state index in [4.69, 9.17) is 5.10 Å². The first kappa shape index (κ1) is 13.8. The monoisotopic (exact) mass is 300 g/mol. The largest absolute Gasteiger partial charge is 0.369 e. The first-order valence-electron chi connectivity index (χ1n) is 8.02. The Kier molecular flexibility index (Phi) is 3.37. The minimum atomic E-state index is -0.213. The molecule has 0 aliphatic carbocycles. The molecule has 1 N–H and O–H groups in total. The molecule has 1 unspecified atom stereocenters. The van der Waals surface area contributed by atoms with Gasteiger partial charge >= 0.3 is 0 Å². The molecule has 2 aromatic rings.